The molecule has 0 saturated carbocycles. The number of nitrogens with zero attached hydrogens (tertiary/aromatic N) is 4. The highest BCUT2D eigenvalue weighted by molar-refractivity contribution is 6.29. The third-order valence-corrected chi connectivity index (χ3v) is 4.08. The van der Waals surface area contributed by atoms with Crippen LogP contribution in [0.25, 0.3) is 5.65 Å². The van der Waals surface area contributed by atoms with Gasteiger partial charge in [-0.1, -0.05) is 24.4 Å². The molecule has 0 spiro atoms. The highest BCUT2D eigenvalue weighted by Crippen LogP contribution is 2.32. The van der Waals surface area contributed by atoms with E-state index < -0.39 is 11.9 Å². The van der Waals surface area contributed by atoms with E-state index in [1.165, 1.54) is 16.6 Å². The van der Waals surface area contributed by atoms with Crippen LogP contribution in [0.1, 0.15) is 37.1 Å². The van der Waals surface area contributed by atoms with Crippen LogP contribution in [-0.2, 0) is 12.7 Å². The molecule has 3 heterocycles. The Balaban J connectivity index is 2.02. The van der Waals surface area contributed by atoms with Crippen LogP contribution < -0.4 is 0 Å². The average Bonchev–Trinajstić information content (AvgIpc) is 2.63. The number of halogens is 4. The third-order valence-electron chi connectivity index (χ3n) is 3.88. The lowest BCUT2D eigenvalue weighted by Gasteiger charge is -2.20. The van der Waals surface area contributed by atoms with Crippen LogP contribution in [-0.4, -0.2) is 32.6 Å². The topological polar surface area (TPSA) is 33.4 Å². The highest BCUT2D eigenvalue weighted by Gasteiger charge is 2.38. The maximum absolute atomic E-state index is 13.3. The summed E-state index contributed by atoms with van der Waals surface area (Å²) in [5, 5.41) is 4.14. The van der Waals surface area contributed by atoms with Gasteiger partial charge in [0.1, 0.15) is 5.15 Å². The number of fused-ring (bicyclic) bond motifs is 1. The van der Waals surface area contributed by atoms with Crippen LogP contribution >= 0.6 is 11.6 Å². The van der Waals surface area contributed by atoms with Crippen molar-refractivity contribution in [1.29, 1.82) is 0 Å². The van der Waals surface area contributed by atoms with Gasteiger partial charge in [-0.25, -0.2) is 9.50 Å². The molecule has 4 nitrogen and oxygen atoms in total. The van der Waals surface area contributed by atoms with Crippen LogP contribution in [0.15, 0.2) is 12.1 Å². The number of hydrogen-bond acceptors (Lipinski definition) is 3. The lowest BCUT2D eigenvalue weighted by atomic mass is 10.2. The Morgan fingerprint density at radius 3 is 2.41 bits per heavy atom. The number of alkyl halides is 3. The molecular formula is C14H16ClF3N4. The second kappa shape index (κ2) is 6.04. The van der Waals surface area contributed by atoms with Gasteiger partial charge in [0.25, 0.3) is 0 Å². The van der Waals surface area contributed by atoms with Crippen molar-refractivity contribution in [3.8, 4) is 0 Å². The summed E-state index contributed by atoms with van der Waals surface area (Å²) in [7, 11) is 0. The van der Waals surface area contributed by atoms with Crippen LogP contribution in [0.4, 0.5) is 13.2 Å². The van der Waals surface area contributed by atoms with Gasteiger partial charge in [0.05, 0.1) is 5.69 Å². The van der Waals surface area contributed by atoms with Crippen LogP contribution in [0.5, 0.6) is 0 Å². The van der Waals surface area contributed by atoms with Crippen LogP contribution in [0.3, 0.4) is 0 Å². The van der Waals surface area contributed by atoms with E-state index in [9.17, 15) is 13.2 Å². The van der Waals surface area contributed by atoms with E-state index in [1.807, 2.05) is 4.90 Å². The molecule has 3 rings (SSSR count). The molecule has 0 amide bonds. The maximum atomic E-state index is 13.3. The number of likely N-dealkylation sites (tertiary alicyclic amines) is 1. The normalized spacial score (nSPS) is 17.8. The summed E-state index contributed by atoms with van der Waals surface area (Å²) in [5.74, 6) is 0. The first-order valence-corrected chi connectivity index (χ1v) is 7.66. The quantitative estimate of drug-likeness (QED) is 0.839. The molecule has 2 aromatic heterocycles. The summed E-state index contributed by atoms with van der Waals surface area (Å²) < 4.78 is 41.0. The number of hydrogen-bond donors (Lipinski definition) is 0. The van der Waals surface area contributed by atoms with E-state index in [2.05, 4.69) is 10.1 Å². The molecular weight excluding hydrogens is 317 g/mol. The van der Waals surface area contributed by atoms with Crippen molar-refractivity contribution in [2.24, 2.45) is 0 Å². The molecule has 0 aliphatic carbocycles. The van der Waals surface area contributed by atoms with Gasteiger partial charge in [0, 0.05) is 6.54 Å². The molecule has 2 aromatic rings. The Kier molecular flexibility index (Phi) is 4.27. The van der Waals surface area contributed by atoms with Crippen LogP contribution in [0.2, 0.25) is 5.15 Å². The fraction of sp³-hybridized carbons (Fsp3) is 0.571. The van der Waals surface area contributed by atoms with Gasteiger partial charge in [-0.2, -0.15) is 18.3 Å². The summed E-state index contributed by atoms with van der Waals surface area (Å²) in [4.78, 5) is 5.74. The first-order chi connectivity index (χ1) is 10.4. The van der Waals surface area contributed by atoms with Crippen LogP contribution in [0, 0.1) is 0 Å². The molecule has 0 radical (unpaired) electrons. The van der Waals surface area contributed by atoms with E-state index in [0.717, 1.165) is 38.8 Å². The van der Waals surface area contributed by atoms with E-state index in [-0.39, 0.29) is 23.0 Å². The molecule has 0 aromatic carbocycles. The molecule has 8 heteroatoms. The van der Waals surface area contributed by atoms with Crippen molar-refractivity contribution < 1.29 is 13.2 Å². The lowest BCUT2D eigenvalue weighted by molar-refractivity contribution is -0.141. The SMILES string of the molecule is FC(F)(F)c1nc2ccc(Cl)nn2c1CN1CCCCCC1. The number of imidazole rings is 1. The zero-order chi connectivity index (χ0) is 15.7. The van der Waals surface area contributed by atoms with E-state index in [1.54, 1.807) is 0 Å². The van der Waals surface area contributed by atoms with Gasteiger partial charge in [-0.15, -0.1) is 0 Å². The van der Waals surface area contributed by atoms with Crippen molar-refractivity contribution in [3.05, 3.63) is 28.7 Å². The Morgan fingerprint density at radius 2 is 1.77 bits per heavy atom. The van der Waals surface area contributed by atoms with Gasteiger partial charge in [0.2, 0.25) is 0 Å². The van der Waals surface area contributed by atoms with E-state index >= 15 is 0 Å². The minimum absolute atomic E-state index is 0.0619. The monoisotopic (exact) mass is 332 g/mol. The fourth-order valence-corrected chi connectivity index (χ4v) is 2.97. The minimum Gasteiger partial charge on any atom is -0.297 e. The number of aromatic nitrogens is 3. The third kappa shape index (κ3) is 3.20. The standard InChI is InChI=1S/C14H16ClF3N4/c15-11-5-6-12-19-13(14(16,17)18)10(22(12)20-11)9-21-7-3-1-2-4-8-21/h5-6H,1-4,7-9H2. The predicted molar refractivity (Wildman–Crippen MR) is 76.7 cm³/mol. The molecule has 0 atom stereocenters. The molecule has 1 aliphatic heterocycles. The molecule has 1 saturated heterocycles. The number of rotatable bonds is 2. The summed E-state index contributed by atoms with van der Waals surface area (Å²) >= 11 is 5.83. The van der Waals surface area contributed by atoms with E-state index in [0.29, 0.717) is 0 Å². The van der Waals surface area contributed by atoms with E-state index in [4.69, 9.17) is 11.6 Å². The molecule has 0 bridgehead atoms. The zero-order valence-corrected chi connectivity index (χ0v) is 12.7. The van der Waals surface area contributed by atoms with Crippen molar-refractivity contribution in [3.63, 3.8) is 0 Å². The largest absolute Gasteiger partial charge is 0.435 e. The van der Waals surface area contributed by atoms with Gasteiger partial charge in [-0.05, 0) is 38.1 Å². The Morgan fingerprint density at radius 1 is 1.09 bits per heavy atom. The molecule has 22 heavy (non-hydrogen) atoms. The lowest BCUT2D eigenvalue weighted by Crippen LogP contribution is -2.26. The second-order valence-electron chi connectivity index (χ2n) is 5.52. The van der Waals surface area contributed by atoms with Crippen molar-refractivity contribution in [2.75, 3.05) is 13.1 Å². The smallest absolute Gasteiger partial charge is 0.297 e. The first-order valence-electron chi connectivity index (χ1n) is 7.29. The van der Waals surface area contributed by atoms with Gasteiger partial charge < -0.3 is 0 Å². The van der Waals surface area contributed by atoms with Crippen molar-refractivity contribution in [2.45, 2.75) is 38.4 Å². The highest BCUT2D eigenvalue weighted by atomic mass is 35.5. The second-order valence-corrected chi connectivity index (χ2v) is 5.91. The Hall–Kier alpha value is -1.34. The minimum atomic E-state index is -4.50. The Labute approximate surface area is 130 Å². The van der Waals surface area contributed by atoms with Gasteiger partial charge >= 0.3 is 6.18 Å². The van der Waals surface area contributed by atoms with Crippen molar-refractivity contribution in [1.82, 2.24) is 19.5 Å². The molecule has 0 N–H and O–H groups in total. The molecule has 120 valence electrons. The molecule has 1 aliphatic rings. The predicted octanol–water partition coefficient (Wildman–Crippen LogP) is 3.78. The summed E-state index contributed by atoms with van der Waals surface area (Å²) in [6.45, 7) is 1.78. The molecule has 1 fully saturated rings. The molecule has 0 unspecified atom stereocenters. The summed E-state index contributed by atoms with van der Waals surface area (Å²) in [6.07, 6.45) is -0.236. The van der Waals surface area contributed by atoms with Gasteiger partial charge in [-0.3, -0.25) is 4.90 Å². The zero-order valence-electron chi connectivity index (χ0n) is 11.9. The summed E-state index contributed by atoms with van der Waals surface area (Å²) in [5.41, 5.74) is -0.639. The maximum Gasteiger partial charge on any atom is 0.435 e. The Bertz CT molecular complexity index is 660. The van der Waals surface area contributed by atoms with Gasteiger partial charge in [0.15, 0.2) is 11.3 Å². The average molecular weight is 333 g/mol. The fourth-order valence-electron chi connectivity index (χ4n) is 2.83. The summed E-state index contributed by atoms with van der Waals surface area (Å²) in [6, 6.07) is 2.90. The van der Waals surface area contributed by atoms with Crippen molar-refractivity contribution >= 4 is 17.2 Å². The first kappa shape index (κ1) is 15.6.